The van der Waals surface area contributed by atoms with Gasteiger partial charge in [-0.05, 0) is 25.0 Å². The molecule has 1 aliphatic heterocycles. The third-order valence-corrected chi connectivity index (χ3v) is 5.14. The summed E-state index contributed by atoms with van der Waals surface area (Å²) >= 11 is 0. The number of carboxylic acids is 1. The molecule has 1 saturated heterocycles. The number of aromatic nitrogens is 3. The van der Waals surface area contributed by atoms with E-state index >= 15 is 0 Å². The molecule has 2 N–H and O–H groups in total. The first-order chi connectivity index (χ1) is 13.5. The molecule has 3 aromatic rings. The summed E-state index contributed by atoms with van der Waals surface area (Å²) in [6, 6.07) is 10.4. The summed E-state index contributed by atoms with van der Waals surface area (Å²) in [6.45, 7) is 0.861. The van der Waals surface area contributed by atoms with Gasteiger partial charge in [0, 0.05) is 47.9 Å². The Kier molecular flexibility index (Phi) is 4.68. The van der Waals surface area contributed by atoms with E-state index in [4.69, 9.17) is 5.11 Å². The van der Waals surface area contributed by atoms with Gasteiger partial charge in [-0.25, -0.2) is 0 Å². The number of carbonyl (C=O) groups excluding carboxylic acids is 1. The van der Waals surface area contributed by atoms with E-state index in [-0.39, 0.29) is 23.9 Å². The van der Waals surface area contributed by atoms with Gasteiger partial charge in [-0.15, -0.1) is 0 Å². The van der Waals surface area contributed by atoms with Gasteiger partial charge in [0.05, 0.1) is 5.56 Å². The van der Waals surface area contributed by atoms with Crippen LogP contribution in [0.4, 0.5) is 0 Å². The molecule has 4 rings (SSSR count). The van der Waals surface area contributed by atoms with Gasteiger partial charge >= 0.3 is 5.97 Å². The fraction of sp³-hybridized carbons (Fsp3) is 0.300. The van der Waals surface area contributed by atoms with Crippen LogP contribution >= 0.6 is 0 Å². The largest absolute Gasteiger partial charge is 0.480 e. The fourth-order valence-corrected chi connectivity index (χ4v) is 3.90. The number of carbonyl (C=O) groups is 2. The SMILES string of the molecule is O=C(O)Cn1nccc1[C@@H]1CCCN(C(=O)c2cc(=O)[nH]c3ccccc23)C1. The van der Waals surface area contributed by atoms with Crippen LogP contribution in [0.5, 0.6) is 0 Å². The molecule has 0 bridgehead atoms. The standard InChI is InChI=1S/C20H20N4O4/c25-18-10-15(14-5-1-2-6-16(14)22-18)20(28)23-9-3-4-13(11-23)17-7-8-21-24(17)12-19(26)27/h1-2,5-8,10,13H,3-4,9,11-12H2,(H,22,25)(H,26,27)/t13-/m1/s1. The highest BCUT2D eigenvalue weighted by Gasteiger charge is 2.28. The molecule has 28 heavy (non-hydrogen) atoms. The Morgan fingerprint density at radius 1 is 1.25 bits per heavy atom. The molecule has 0 saturated carbocycles. The van der Waals surface area contributed by atoms with Crippen LogP contribution in [0.3, 0.4) is 0 Å². The van der Waals surface area contributed by atoms with Crippen LogP contribution in [0.2, 0.25) is 0 Å². The number of para-hydroxylation sites is 1. The summed E-state index contributed by atoms with van der Waals surface area (Å²) in [5, 5.41) is 13.9. The first-order valence-corrected chi connectivity index (χ1v) is 9.18. The van der Waals surface area contributed by atoms with Gasteiger partial charge in [-0.1, -0.05) is 18.2 Å². The third-order valence-electron chi connectivity index (χ3n) is 5.14. The van der Waals surface area contributed by atoms with Crippen LogP contribution in [0.15, 0.2) is 47.4 Å². The van der Waals surface area contributed by atoms with Gasteiger partial charge in [0.2, 0.25) is 5.56 Å². The highest BCUT2D eigenvalue weighted by atomic mass is 16.4. The maximum Gasteiger partial charge on any atom is 0.325 e. The molecule has 1 atom stereocenters. The number of hydrogen-bond donors (Lipinski definition) is 2. The molecular formula is C20H20N4O4. The van der Waals surface area contributed by atoms with E-state index in [1.807, 2.05) is 24.3 Å². The molecule has 144 valence electrons. The monoisotopic (exact) mass is 380 g/mol. The summed E-state index contributed by atoms with van der Waals surface area (Å²) in [7, 11) is 0. The van der Waals surface area contributed by atoms with Crippen molar-refractivity contribution in [3.63, 3.8) is 0 Å². The van der Waals surface area contributed by atoms with Crippen molar-refractivity contribution < 1.29 is 14.7 Å². The lowest BCUT2D eigenvalue weighted by atomic mass is 9.94. The molecule has 8 nitrogen and oxygen atoms in total. The zero-order valence-corrected chi connectivity index (χ0v) is 15.2. The molecule has 0 aliphatic carbocycles. The van der Waals surface area contributed by atoms with Gasteiger partial charge in [0.15, 0.2) is 0 Å². The first-order valence-electron chi connectivity index (χ1n) is 9.18. The molecule has 1 aromatic carbocycles. The Hall–Kier alpha value is -3.42. The predicted molar refractivity (Wildman–Crippen MR) is 102 cm³/mol. The number of aromatic amines is 1. The van der Waals surface area contributed by atoms with Crippen molar-refractivity contribution >= 4 is 22.8 Å². The topological polar surface area (TPSA) is 108 Å². The Balaban J connectivity index is 1.62. The molecule has 0 spiro atoms. The number of rotatable bonds is 4. The molecule has 3 heterocycles. The fourth-order valence-electron chi connectivity index (χ4n) is 3.90. The predicted octanol–water partition coefficient (Wildman–Crippen LogP) is 1.83. The van der Waals surface area contributed by atoms with Crippen molar-refractivity contribution in [2.24, 2.45) is 0 Å². The van der Waals surface area contributed by atoms with E-state index in [0.29, 0.717) is 29.6 Å². The lowest BCUT2D eigenvalue weighted by Gasteiger charge is -2.33. The quantitative estimate of drug-likeness (QED) is 0.718. The van der Waals surface area contributed by atoms with Crippen LogP contribution in [-0.4, -0.2) is 49.7 Å². The summed E-state index contributed by atoms with van der Waals surface area (Å²) in [4.78, 5) is 40.7. The molecule has 1 aliphatic rings. The van der Waals surface area contributed by atoms with E-state index in [9.17, 15) is 14.4 Å². The van der Waals surface area contributed by atoms with Crippen LogP contribution in [0, 0.1) is 0 Å². The summed E-state index contributed by atoms with van der Waals surface area (Å²) in [5.41, 5.74) is 1.52. The molecular weight excluding hydrogens is 360 g/mol. The minimum absolute atomic E-state index is 0.00723. The number of fused-ring (bicyclic) bond motifs is 1. The maximum absolute atomic E-state index is 13.2. The van der Waals surface area contributed by atoms with E-state index in [1.165, 1.54) is 10.7 Å². The minimum Gasteiger partial charge on any atom is -0.480 e. The second kappa shape index (κ2) is 7.30. The smallest absolute Gasteiger partial charge is 0.325 e. The Labute approximate surface area is 160 Å². The minimum atomic E-state index is -0.955. The number of nitrogens with zero attached hydrogens (tertiary/aromatic N) is 3. The van der Waals surface area contributed by atoms with Gasteiger partial charge in [-0.3, -0.25) is 19.1 Å². The number of amides is 1. The summed E-state index contributed by atoms with van der Waals surface area (Å²) in [6.07, 6.45) is 3.24. The number of likely N-dealkylation sites (tertiary alicyclic amines) is 1. The van der Waals surface area contributed by atoms with E-state index < -0.39 is 5.97 Å². The normalized spacial score (nSPS) is 17.0. The highest BCUT2D eigenvalue weighted by molar-refractivity contribution is 6.06. The van der Waals surface area contributed by atoms with E-state index in [2.05, 4.69) is 10.1 Å². The average Bonchev–Trinajstić information content (AvgIpc) is 3.14. The average molecular weight is 380 g/mol. The number of aliphatic carboxylic acids is 1. The zero-order chi connectivity index (χ0) is 19.7. The van der Waals surface area contributed by atoms with Crippen molar-refractivity contribution in [1.29, 1.82) is 0 Å². The first kappa shape index (κ1) is 18.0. The number of carboxylic acid groups (broad SMARTS) is 1. The van der Waals surface area contributed by atoms with Crippen molar-refractivity contribution in [2.45, 2.75) is 25.3 Å². The lowest BCUT2D eigenvalue weighted by molar-refractivity contribution is -0.137. The zero-order valence-electron chi connectivity index (χ0n) is 15.2. The number of H-pyrrole nitrogens is 1. The number of benzene rings is 1. The van der Waals surface area contributed by atoms with Crippen LogP contribution < -0.4 is 5.56 Å². The molecule has 0 unspecified atom stereocenters. The molecule has 8 heteroatoms. The molecule has 0 radical (unpaired) electrons. The van der Waals surface area contributed by atoms with Crippen LogP contribution in [0.25, 0.3) is 10.9 Å². The number of nitrogens with one attached hydrogen (secondary N) is 1. The molecule has 2 aromatic heterocycles. The number of pyridine rings is 1. The van der Waals surface area contributed by atoms with Gasteiger partial charge in [0.25, 0.3) is 5.91 Å². The Bertz CT molecular complexity index is 1100. The summed E-state index contributed by atoms with van der Waals surface area (Å²) < 4.78 is 1.48. The van der Waals surface area contributed by atoms with E-state index in [0.717, 1.165) is 18.5 Å². The maximum atomic E-state index is 13.2. The van der Waals surface area contributed by atoms with Crippen molar-refractivity contribution in [3.8, 4) is 0 Å². The van der Waals surface area contributed by atoms with Crippen molar-refractivity contribution in [3.05, 3.63) is 64.2 Å². The number of hydrogen-bond acceptors (Lipinski definition) is 4. The molecule has 1 fully saturated rings. The van der Waals surface area contributed by atoms with Gasteiger partial charge in [-0.2, -0.15) is 5.10 Å². The van der Waals surface area contributed by atoms with Crippen molar-refractivity contribution in [1.82, 2.24) is 19.7 Å². The Morgan fingerprint density at radius 2 is 2.07 bits per heavy atom. The summed E-state index contributed by atoms with van der Waals surface area (Å²) in [5.74, 6) is -1.13. The lowest BCUT2D eigenvalue weighted by Crippen LogP contribution is -2.40. The van der Waals surface area contributed by atoms with Gasteiger partial charge in [0.1, 0.15) is 6.54 Å². The Morgan fingerprint density at radius 3 is 2.89 bits per heavy atom. The van der Waals surface area contributed by atoms with Crippen LogP contribution in [-0.2, 0) is 11.3 Å². The molecule has 1 amide bonds. The second-order valence-corrected chi connectivity index (χ2v) is 6.99. The van der Waals surface area contributed by atoms with Crippen LogP contribution in [0.1, 0.15) is 34.8 Å². The van der Waals surface area contributed by atoms with Gasteiger partial charge < -0.3 is 15.0 Å². The van der Waals surface area contributed by atoms with E-state index in [1.54, 1.807) is 17.2 Å². The second-order valence-electron chi connectivity index (χ2n) is 6.99. The third kappa shape index (κ3) is 3.40. The number of piperidine rings is 1. The van der Waals surface area contributed by atoms with Crippen molar-refractivity contribution in [2.75, 3.05) is 13.1 Å². The highest BCUT2D eigenvalue weighted by Crippen LogP contribution is 2.28.